The Labute approximate surface area is 206 Å². The van der Waals surface area contributed by atoms with Crippen LogP contribution in [0.3, 0.4) is 0 Å². The van der Waals surface area contributed by atoms with E-state index in [4.69, 9.17) is 9.47 Å². The minimum absolute atomic E-state index is 0.0257. The van der Waals surface area contributed by atoms with Gasteiger partial charge in [-0.1, -0.05) is 18.2 Å². The highest BCUT2D eigenvalue weighted by atomic mass is 16.5. The van der Waals surface area contributed by atoms with E-state index in [0.717, 1.165) is 23.4 Å². The van der Waals surface area contributed by atoms with E-state index in [1.54, 1.807) is 11.0 Å². The van der Waals surface area contributed by atoms with Crippen LogP contribution in [0, 0.1) is 0 Å². The lowest BCUT2D eigenvalue weighted by atomic mass is 10.1. The first-order valence-electron chi connectivity index (χ1n) is 12.6. The summed E-state index contributed by atoms with van der Waals surface area (Å²) in [7, 11) is 0. The summed E-state index contributed by atoms with van der Waals surface area (Å²) in [5.74, 6) is 1.41. The highest BCUT2D eigenvalue weighted by molar-refractivity contribution is 6.02. The van der Waals surface area contributed by atoms with Gasteiger partial charge in [-0.3, -0.25) is 19.3 Å². The Morgan fingerprint density at radius 1 is 0.886 bits per heavy atom. The van der Waals surface area contributed by atoms with Crippen LogP contribution in [-0.4, -0.2) is 59.6 Å². The molecular formula is C28H32N2O5. The van der Waals surface area contributed by atoms with Crippen molar-refractivity contribution in [2.45, 2.75) is 57.7 Å². The molecule has 2 heterocycles. The van der Waals surface area contributed by atoms with Crippen LogP contribution in [-0.2, 0) is 22.7 Å². The Balaban J connectivity index is 1.19. The number of carbonyl (C=O) groups is 3. The first kappa shape index (κ1) is 23.5. The molecule has 0 spiro atoms. The summed E-state index contributed by atoms with van der Waals surface area (Å²) in [6.45, 7) is 4.69. The molecule has 2 fully saturated rings. The van der Waals surface area contributed by atoms with Gasteiger partial charge in [0, 0.05) is 36.9 Å². The maximum absolute atomic E-state index is 13.1. The molecule has 1 atom stereocenters. The number of ketones is 2. The van der Waals surface area contributed by atoms with E-state index < -0.39 is 6.04 Å². The Kier molecular flexibility index (Phi) is 7.13. The molecule has 1 unspecified atom stereocenters. The average Bonchev–Trinajstić information content (AvgIpc) is 3.47. The van der Waals surface area contributed by atoms with Gasteiger partial charge >= 0.3 is 0 Å². The smallest absolute Gasteiger partial charge is 0.255 e. The summed E-state index contributed by atoms with van der Waals surface area (Å²) in [6.07, 6.45) is 3.81. The van der Waals surface area contributed by atoms with Crippen molar-refractivity contribution in [1.82, 2.24) is 9.80 Å². The molecule has 35 heavy (non-hydrogen) atoms. The van der Waals surface area contributed by atoms with Gasteiger partial charge in [-0.15, -0.1) is 0 Å². The number of benzene rings is 2. The number of carbonyl (C=O) groups excluding carboxylic acids is 3. The van der Waals surface area contributed by atoms with Crippen LogP contribution >= 0.6 is 0 Å². The van der Waals surface area contributed by atoms with Crippen LogP contribution in [0.5, 0.6) is 11.5 Å². The van der Waals surface area contributed by atoms with Crippen LogP contribution in [0.15, 0.2) is 42.5 Å². The second kappa shape index (κ2) is 10.6. The number of nitrogens with zero attached hydrogens (tertiary/aromatic N) is 2. The second-order valence-electron chi connectivity index (χ2n) is 9.60. The van der Waals surface area contributed by atoms with Crippen molar-refractivity contribution in [3.8, 4) is 11.5 Å². The molecule has 1 aliphatic carbocycles. The van der Waals surface area contributed by atoms with Crippen LogP contribution in [0.25, 0.3) is 0 Å². The molecule has 7 heteroatoms. The number of hydrogen-bond donors (Lipinski definition) is 0. The molecule has 184 valence electrons. The molecule has 2 aromatic carbocycles. The summed E-state index contributed by atoms with van der Waals surface area (Å²) in [4.78, 5) is 41.5. The fourth-order valence-electron chi connectivity index (χ4n) is 5.20. The van der Waals surface area contributed by atoms with Crippen LogP contribution < -0.4 is 9.47 Å². The quantitative estimate of drug-likeness (QED) is 0.540. The Hall–Kier alpha value is -3.19. The molecule has 7 nitrogen and oxygen atoms in total. The molecular weight excluding hydrogens is 444 g/mol. The predicted octanol–water partition coefficient (Wildman–Crippen LogP) is 3.78. The topological polar surface area (TPSA) is 76.2 Å². The Morgan fingerprint density at radius 3 is 2.49 bits per heavy atom. The molecule has 1 saturated carbocycles. The highest BCUT2D eigenvalue weighted by Gasteiger charge is 2.38. The normalized spacial score (nSPS) is 20.7. The Morgan fingerprint density at radius 2 is 1.69 bits per heavy atom. The van der Waals surface area contributed by atoms with Crippen molar-refractivity contribution in [3.63, 3.8) is 0 Å². The first-order chi connectivity index (χ1) is 17.1. The van der Waals surface area contributed by atoms with Crippen molar-refractivity contribution in [1.29, 1.82) is 0 Å². The summed E-state index contributed by atoms with van der Waals surface area (Å²) >= 11 is 0. The van der Waals surface area contributed by atoms with Gasteiger partial charge in [-0.05, 0) is 62.2 Å². The van der Waals surface area contributed by atoms with Gasteiger partial charge in [0.15, 0.2) is 5.78 Å². The van der Waals surface area contributed by atoms with Crippen LogP contribution in [0.1, 0.15) is 60.0 Å². The lowest BCUT2D eigenvalue weighted by Gasteiger charge is -2.25. The number of likely N-dealkylation sites (tertiary alicyclic amines) is 1. The van der Waals surface area contributed by atoms with E-state index in [2.05, 4.69) is 4.90 Å². The van der Waals surface area contributed by atoms with E-state index in [1.807, 2.05) is 36.4 Å². The van der Waals surface area contributed by atoms with E-state index in [0.29, 0.717) is 43.9 Å². The van der Waals surface area contributed by atoms with E-state index >= 15 is 0 Å². The van der Waals surface area contributed by atoms with Crippen molar-refractivity contribution in [3.05, 3.63) is 59.2 Å². The number of rotatable bonds is 8. The van der Waals surface area contributed by atoms with Crippen LogP contribution in [0.2, 0.25) is 0 Å². The zero-order valence-electron chi connectivity index (χ0n) is 20.0. The van der Waals surface area contributed by atoms with E-state index in [9.17, 15) is 14.4 Å². The van der Waals surface area contributed by atoms with Crippen molar-refractivity contribution >= 4 is 17.5 Å². The number of Topliss-reactive ketones (excluding diaryl/α,β-unsaturated/α-hetero) is 2. The standard InChI is InChI=1S/C28H32N2O5/c31-21-8-12-25(26(32)13-9-21)30-18-24-23(28(30)33)4-3-5-27(24)35-19-20-6-10-22(11-7-20)34-17-16-29-14-1-2-15-29/h3-7,10-11,25H,1-2,8-9,12-19H2. The fraction of sp³-hybridized carbons (Fsp3) is 0.464. The number of amides is 1. The minimum atomic E-state index is -0.535. The lowest BCUT2D eigenvalue weighted by molar-refractivity contribution is -0.124. The van der Waals surface area contributed by atoms with Crippen molar-refractivity contribution in [2.24, 2.45) is 0 Å². The SMILES string of the molecule is O=C1CCC(=O)C(N2Cc3c(OCc4ccc(OCCN5CCCC5)cc4)cccc3C2=O)CC1. The lowest BCUT2D eigenvalue weighted by Crippen LogP contribution is -2.40. The average molecular weight is 477 g/mol. The van der Waals surface area contributed by atoms with Crippen molar-refractivity contribution in [2.75, 3.05) is 26.2 Å². The van der Waals surface area contributed by atoms with Gasteiger partial charge in [-0.25, -0.2) is 0 Å². The van der Waals surface area contributed by atoms with Gasteiger partial charge in [0.25, 0.3) is 5.91 Å². The first-order valence-corrected chi connectivity index (χ1v) is 12.6. The van der Waals surface area contributed by atoms with E-state index in [-0.39, 0.29) is 30.3 Å². The predicted molar refractivity (Wildman–Crippen MR) is 131 cm³/mol. The number of hydrogen-bond acceptors (Lipinski definition) is 6. The minimum Gasteiger partial charge on any atom is -0.492 e. The summed E-state index contributed by atoms with van der Waals surface area (Å²) in [5, 5.41) is 0. The third-order valence-electron chi connectivity index (χ3n) is 7.24. The zero-order chi connectivity index (χ0) is 24.2. The van der Waals surface area contributed by atoms with Crippen LogP contribution in [0.4, 0.5) is 0 Å². The monoisotopic (exact) mass is 476 g/mol. The summed E-state index contributed by atoms with van der Waals surface area (Å²) in [5.41, 5.74) is 2.39. The highest BCUT2D eigenvalue weighted by Crippen LogP contribution is 2.34. The van der Waals surface area contributed by atoms with Gasteiger partial charge in [-0.2, -0.15) is 0 Å². The molecule has 2 aliphatic heterocycles. The largest absolute Gasteiger partial charge is 0.492 e. The van der Waals surface area contributed by atoms with E-state index in [1.165, 1.54) is 25.9 Å². The molecule has 0 N–H and O–H groups in total. The fourth-order valence-corrected chi connectivity index (χ4v) is 5.20. The maximum Gasteiger partial charge on any atom is 0.255 e. The molecule has 0 aromatic heterocycles. The van der Waals surface area contributed by atoms with Gasteiger partial charge in [0.2, 0.25) is 0 Å². The van der Waals surface area contributed by atoms with Gasteiger partial charge in [0.1, 0.15) is 30.5 Å². The second-order valence-corrected chi connectivity index (χ2v) is 9.60. The number of ether oxygens (including phenoxy) is 2. The van der Waals surface area contributed by atoms with Crippen molar-refractivity contribution < 1.29 is 23.9 Å². The molecule has 5 rings (SSSR count). The molecule has 0 bridgehead atoms. The molecule has 1 amide bonds. The molecule has 2 aromatic rings. The van der Waals surface area contributed by atoms with Gasteiger partial charge < -0.3 is 14.4 Å². The molecule has 0 radical (unpaired) electrons. The molecule has 1 saturated heterocycles. The zero-order valence-corrected chi connectivity index (χ0v) is 20.0. The molecule has 3 aliphatic rings. The maximum atomic E-state index is 13.1. The van der Waals surface area contributed by atoms with Gasteiger partial charge in [0.05, 0.1) is 12.6 Å². The third kappa shape index (κ3) is 5.40. The Bertz CT molecular complexity index is 1090. The third-order valence-corrected chi connectivity index (χ3v) is 7.24. The summed E-state index contributed by atoms with van der Waals surface area (Å²) < 4.78 is 12.0. The summed E-state index contributed by atoms with van der Waals surface area (Å²) in [6, 6.07) is 12.8. The number of fused-ring (bicyclic) bond motifs is 1.